The molecule has 24 heavy (non-hydrogen) atoms. The van der Waals surface area contributed by atoms with Gasteiger partial charge in [0.25, 0.3) is 0 Å². The average molecular weight is 327 g/mol. The number of aryl methyl sites for hydroxylation is 1. The molecule has 3 aromatic rings. The van der Waals surface area contributed by atoms with Gasteiger partial charge in [-0.15, -0.1) is 0 Å². The molecular formula is C18H19N2O4+. The van der Waals surface area contributed by atoms with Crippen LogP contribution in [0.2, 0.25) is 0 Å². The highest BCUT2D eigenvalue weighted by Crippen LogP contribution is 2.14. The van der Waals surface area contributed by atoms with E-state index >= 15 is 0 Å². The highest BCUT2D eigenvalue weighted by Gasteiger charge is 2.16. The van der Waals surface area contributed by atoms with Crippen LogP contribution in [0.3, 0.4) is 0 Å². The molecule has 2 aromatic carbocycles. The molecule has 0 aliphatic heterocycles. The van der Waals surface area contributed by atoms with Crippen LogP contribution in [-0.4, -0.2) is 33.5 Å². The number of para-hydroxylation sites is 2. The summed E-state index contributed by atoms with van der Waals surface area (Å²) in [5.74, 6) is -0.448. The van der Waals surface area contributed by atoms with Gasteiger partial charge in [0, 0.05) is 0 Å². The second-order valence-electron chi connectivity index (χ2n) is 5.66. The SMILES string of the molecule is C[n+]1cn(C[C@@H](O)COc2ccc(C(=O)O)cc2)c2ccccc21. The highest BCUT2D eigenvalue weighted by molar-refractivity contribution is 5.87. The molecule has 0 aliphatic rings. The third-order valence-corrected chi connectivity index (χ3v) is 3.83. The van der Waals surface area contributed by atoms with Crippen LogP contribution in [0.4, 0.5) is 0 Å². The highest BCUT2D eigenvalue weighted by atomic mass is 16.5. The standard InChI is InChI=1S/C18H18N2O4/c1-19-12-20(17-5-3-2-4-16(17)19)10-14(21)11-24-15-8-6-13(7-9-15)18(22)23/h2-9,12,14,21H,10-11H2,1H3/p+1/t14-/m1/s1. The van der Waals surface area contributed by atoms with Gasteiger partial charge in [0.05, 0.1) is 12.6 Å². The van der Waals surface area contributed by atoms with Gasteiger partial charge >= 0.3 is 5.97 Å². The molecule has 0 aliphatic carbocycles. The number of aliphatic hydroxyl groups excluding tert-OH is 1. The molecule has 0 spiro atoms. The number of aromatic nitrogens is 2. The van der Waals surface area contributed by atoms with Crippen LogP contribution in [-0.2, 0) is 13.6 Å². The number of carboxylic acid groups (broad SMARTS) is 1. The minimum Gasteiger partial charge on any atom is -0.491 e. The van der Waals surface area contributed by atoms with Crippen molar-refractivity contribution in [2.24, 2.45) is 7.05 Å². The lowest BCUT2D eigenvalue weighted by Crippen LogP contribution is -2.27. The largest absolute Gasteiger partial charge is 0.491 e. The van der Waals surface area contributed by atoms with E-state index in [1.807, 2.05) is 46.8 Å². The number of hydrogen-bond donors (Lipinski definition) is 2. The molecule has 0 amide bonds. The van der Waals surface area contributed by atoms with Gasteiger partial charge in [-0.1, -0.05) is 12.1 Å². The minimum atomic E-state index is -0.978. The van der Waals surface area contributed by atoms with Crippen molar-refractivity contribution >= 4 is 17.0 Å². The van der Waals surface area contributed by atoms with E-state index in [2.05, 4.69) is 0 Å². The van der Waals surface area contributed by atoms with Crippen LogP contribution >= 0.6 is 0 Å². The third-order valence-electron chi connectivity index (χ3n) is 3.83. The Morgan fingerprint density at radius 3 is 2.62 bits per heavy atom. The Morgan fingerprint density at radius 2 is 1.92 bits per heavy atom. The molecule has 0 saturated carbocycles. The van der Waals surface area contributed by atoms with E-state index < -0.39 is 12.1 Å². The number of ether oxygens (including phenoxy) is 1. The van der Waals surface area contributed by atoms with Crippen molar-refractivity contribution in [1.29, 1.82) is 0 Å². The summed E-state index contributed by atoms with van der Waals surface area (Å²) < 4.78 is 9.52. The summed E-state index contributed by atoms with van der Waals surface area (Å²) in [6.07, 6.45) is 1.26. The van der Waals surface area contributed by atoms with E-state index in [1.165, 1.54) is 12.1 Å². The lowest BCUT2D eigenvalue weighted by Gasteiger charge is -2.11. The first kappa shape index (κ1) is 16.0. The summed E-state index contributed by atoms with van der Waals surface area (Å²) in [6.45, 7) is 0.539. The Morgan fingerprint density at radius 1 is 1.21 bits per heavy atom. The Bertz CT molecular complexity index is 855. The fourth-order valence-electron chi connectivity index (χ4n) is 2.65. The molecule has 6 nitrogen and oxygen atoms in total. The number of carboxylic acids is 1. The molecule has 1 aromatic heterocycles. The van der Waals surface area contributed by atoms with E-state index in [4.69, 9.17) is 9.84 Å². The zero-order valence-electron chi connectivity index (χ0n) is 13.3. The molecule has 3 rings (SSSR count). The number of benzene rings is 2. The number of imidazole rings is 1. The Balaban J connectivity index is 1.63. The van der Waals surface area contributed by atoms with Gasteiger partial charge in [-0.25, -0.2) is 13.9 Å². The first-order valence-corrected chi connectivity index (χ1v) is 7.62. The summed E-state index contributed by atoms with van der Waals surface area (Å²) in [6, 6.07) is 14.1. The van der Waals surface area contributed by atoms with Crippen molar-refractivity contribution in [3.8, 4) is 5.75 Å². The fourth-order valence-corrected chi connectivity index (χ4v) is 2.65. The number of aliphatic hydroxyl groups is 1. The summed E-state index contributed by atoms with van der Waals surface area (Å²) in [4.78, 5) is 10.8. The van der Waals surface area contributed by atoms with Gasteiger partial charge in [0.1, 0.15) is 25.0 Å². The summed E-state index contributed by atoms with van der Waals surface area (Å²) in [5.41, 5.74) is 2.34. The summed E-state index contributed by atoms with van der Waals surface area (Å²) >= 11 is 0. The van der Waals surface area contributed by atoms with Crippen molar-refractivity contribution in [2.45, 2.75) is 12.6 Å². The van der Waals surface area contributed by atoms with Crippen LogP contribution in [0.15, 0.2) is 54.9 Å². The molecular weight excluding hydrogens is 308 g/mol. The van der Waals surface area contributed by atoms with E-state index in [-0.39, 0.29) is 12.2 Å². The van der Waals surface area contributed by atoms with Crippen LogP contribution in [0.25, 0.3) is 11.0 Å². The maximum absolute atomic E-state index is 10.8. The van der Waals surface area contributed by atoms with Crippen molar-refractivity contribution in [3.63, 3.8) is 0 Å². The van der Waals surface area contributed by atoms with Gasteiger partial charge in [-0.05, 0) is 36.4 Å². The van der Waals surface area contributed by atoms with E-state index in [9.17, 15) is 9.90 Å². The molecule has 124 valence electrons. The first-order chi connectivity index (χ1) is 11.5. The molecule has 2 N–H and O–H groups in total. The second kappa shape index (κ2) is 6.72. The van der Waals surface area contributed by atoms with Crippen molar-refractivity contribution in [3.05, 3.63) is 60.4 Å². The Labute approximate surface area is 139 Å². The molecule has 1 heterocycles. The van der Waals surface area contributed by atoms with E-state index in [1.54, 1.807) is 12.1 Å². The first-order valence-electron chi connectivity index (χ1n) is 7.62. The van der Waals surface area contributed by atoms with Crippen LogP contribution in [0.5, 0.6) is 5.75 Å². The molecule has 1 atom stereocenters. The summed E-state index contributed by atoms with van der Waals surface area (Å²) in [7, 11) is 1.96. The van der Waals surface area contributed by atoms with Crippen LogP contribution in [0.1, 0.15) is 10.4 Å². The van der Waals surface area contributed by atoms with E-state index in [0.717, 1.165) is 11.0 Å². The zero-order chi connectivity index (χ0) is 17.1. The predicted octanol–water partition coefficient (Wildman–Crippen LogP) is 1.60. The smallest absolute Gasteiger partial charge is 0.335 e. The van der Waals surface area contributed by atoms with Gasteiger partial charge in [0.15, 0.2) is 11.0 Å². The lowest BCUT2D eigenvalue weighted by molar-refractivity contribution is -0.645. The fraction of sp³-hybridized carbons (Fsp3) is 0.222. The number of aromatic carboxylic acids is 1. The van der Waals surface area contributed by atoms with Gasteiger partial charge < -0.3 is 14.9 Å². The summed E-state index contributed by atoms with van der Waals surface area (Å²) in [5, 5.41) is 19.1. The Hall–Kier alpha value is -2.86. The van der Waals surface area contributed by atoms with Gasteiger partial charge in [-0.3, -0.25) is 0 Å². The second-order valence-corrected chi connectivity index (χ2v) is 5.66. The van der Waals surface area contributed by atoms with Gasteiger partial charge in [0.2, 0.25) is 6.33 Å². The third kappa shape index (κ3) is 3.38. The molecule has 0 fully saturated rings. The van der Waals surface area contributed by atoms with Crippen molar-refractivity contribution in [2.75, 3.05) is 6.61 Å². The molecule has 0 unspecified atom stereocenters. The number of hydrogen-bond acceptors (Lipinski definition) is 3. The van der Waals surface area contributed by atoms with Crippen molar-refractivity contribution < 1.29 is 24.3 Å². The zero-order valence-corrected chi connectivity index (χ0v) is 13.3. The quantitative estimate of drug-likeness (QED) is 0.675. The van der Waals surface area contributed by atoms with Gasteiger partial charge in [-0.2, -0.15) is 0 Å². The maximum Gasteiger partial charge on any atom is 0.335 e. The normalized spacial score (nSPS) is 12.2. The number of carbonyl (C=O) groups is 1. The topological polar surface area (TPSA) is 75.6 Å². The van der Waals surface area contributed by atoms with Crippen LogP contribution < -0.4 is 9.30 Å². The number of rotatable bonds is 6. The monoisotopic (exact) mass is 327 g/mol. The number of nitrogens with zero attached hydrogens (tertiary/aromatic N) is 2. The maximum atomic E-state index is 10.8. The number of fused-ring (bicyclic) bond motifs is 1. The molecule has 6 heteroatoms. The molecule has 0 saturated heterocycles. The van der Waals surface area contributed by atoms with E-state index in [0.29, 0.717) is 12.3 Å². The molecule has 0 bridgehead atoms. The van der Waals surface area contributed by atoms with Crippen LogP contribution in [0, 0.1) is 0 Å². The molecule has 0 radical (unpaired) electrons. The van der Waals surface area contributed by atoms with Crippen molar-refractivity contribution in [1.82, 2.24) is 4.57 Å². The average Bonchev–Trinajstić information content (AvgIpc) is 2.90. The lowest BCUT2D eigenvalue weighted by atomic mass is 10.2. The minimum absolute atomic E-state index is 0.128. The Kier molecular flexibility index (Phi) is 4.48. The predicted molar refractivity (Wildman–Crippen MR) is 88.0 cm³/mol.